The zero-order chi connectivity index (χ0) is 11.4. The minimum Gasteiger partial charge on any atom is -0.330 e. The summed E-state index contributed by atoms with van der Waals surface area (Å²) in [6, 6.07) is 0.362. The van der Waals surface area contributed by atoms with Crippen molar-refractivity contribution in [2.24, 2.45) is 11.5 Å². The quantitative estimate of drug-likeness (QED) is 0.459. The van der Waals surface area contributed by atoms with Gasteiger partial charge < -0.3 is 16.8 Å². The molecular weight excluding hydrogens is 186 g/mol. The maximum atomic E-state index is 5.67. The van der Waals surface area contributed by atoms with Gasteiger partial charge in [0.1, 0.15) is 0 Å². The summed E-state index contributed by atoms with van der Waals surface area (Å²) in [6.07, 6.45) is 8.70. The van der Waals surface area contributed by atoms with Crippen molar-refractivity contribution in [3.63, 3.8) is 0 Å². The van der Waals surface area contributed by atoms with Crippen LogP contribution >= 0.6 is 0 Å². The lowest BCUT2D eigenvalue weighted by molar-refractivity contribution is 0.544. The van der Waals surface area contributed by atoms with Crippen LogP contribution in [0, 0.1) is 0 Å². The molecule has 92 valence electrons. The monoisotopic (exact) mass is 215 g/mol. The van der Waals surface area contributed by atoms with Gasteiger partial charge in [0, 0.05) is 6.04 Å². The van der Waals surface area contributed by atoms with Crippen molar-refractivity contribution in [3.05, 3.63) is 0 Å². The number of rotatable bonds is 11. The van der Waals surface area contributed by atoms with Gasteiger partial charge in [-0.05, 0) is 52.2 Å². The van der Waals surface area contributed by atoms with Gasteiger partial charge in [0.2, 0.25) is 0 Å². The Morgan fingerprint density at radius 1 is 0.933 bits per heavy atom. The average Bonchev–Trinajstić information content (AvgIpc) is 2.20. The van der Waals surface area contributed by atoms with Crippen LogP contribution in [-0.4, -0.2) is 25.7 Å². The molecule has 0 aromatic heterocycles. The summed E-state index contributed by atoms with van der Waals surface area (Å²) in [6.45, 7) is 5.21. The van der Waals surface area contributed by atoms with E-state index in [0.717, 1.165) is 26.1 Å². The Hall–Kier alpha value is -0.120. The van der Waals surface area contributed by atoms with Crippen LogP contribution in [0.4, 0.5) is 0 Å². The van der Waals surface area contributed by atoms with E-state index in [4.69, 9.17) is 11.5 Å². The van der Waals surface area contributed by atoms with Crippen LogP contribution in [0.1, 0.15) is 51.9 Å². The lowest BCUT2D eigenvalue weighted by Crippen LogP contribution is -2.18. The van der Waals surface area contributed by atoms with Gasteiger partial charge in [-0.15, -0.1) is 0 Å². The van der Waals surface area contributed by atoms with Gasteiger partial charge in [-0.1, -0.05) is 19.3 Å². The summed E-state index contributed by atoms with van der Waals surface area (Å²) >= 11 is 0. The first-order valence-corrected chi connectivity index (χ1v) is 6.43. The van der Waals surface area contributed by atoms with Gasteiger partial charge >= 0.3 is 0 Å². The van der Waals surface area contributed by atoms with Crippen LogP contribution in [0.3, 0.4) is 0 Å². The standard InChI is InChI=1S/C12H29N3/c1-12(14)8-4-7-11-15-10-6-3-2-5-9-13/h12,15H,2-11,13-14H2,1H3. The van der Waals surface area contributed by atoms with E-state index in [1.807, 2.05) is 0 Å². The third-order valence-electron chi connectivity index (χ3n) is 2.57. The van der Waals surface area contributed by atoms with Gasteiger partial charge in [0.25, 0.3) is 0 Å². The SMILES string of the molecule is CC(N)CCCCNCCCCCCN. The normalized spacial score (nSPS) is 13.0. The van der Waals surface area contributed by atoms with Crippen LogP contribution in [0.2, 0.25) is 0 Å². The molecule has 15 heavy (non-hydrogen) atoms. The fourth-order valence-electron chi connectivity index (χ4n) is 1.59. The fraction of sp³-hybridized carbons (Fsp3) is 1.00. The lowest BCUT2D eigenvalue weighted by atomic mass is 10.1. The van der Waals surface area contributed by atoms with E-state index < -0.39 is 0 Å². The van der Waals surface area contributed by atoms with Gasteiger partial charge in [-0.3, -0.25) is 0 Å². The summed E-state index contributed by atoms with van der Waals surface area (Å²) in [5, 5.41) is 3.46. The van der Waals surface area contributed by atoms with Crippen LogP contribution in [-0.2, 0) is 0 Å². The van der Waals surface area contributed by atoms with E-state index in [1.54, 1.807) is 0 Å². The molecule has 3 heteroatoms. The molecule has 0 aromatic rings. The summed E-state index contributed by atoms with van der Waals surface area (Å²) in [4.78, 5) is 0. The number of hydrogen-bond donors (Lipinski definition) is 3. The fourth-order valence-corrected chi connectivity index (χ4v) is 1.59. The molecule has 0 saturated heterocycles. The average molecular weight is 215 g/mol. The first kappa shape index (κ1) is 14.9. The molecule has 0 amide bonds. The molecule has 0 aliphatic heterocycles. The summed E-state index contributed by atoms with van der Waals surface area (Å²) in [7, 11) is 0. The zero-order valence-electron chi connectivity index (χ0n) is 10.3. The molecule has 0 aromatic carbocycles. The molecule has 0 rings (SSSR count). The maximum Gasteiger partial charge on any atom is 0.00104 e. The highest BCUT2D eigenvalue weighted by Gasteiger charge is 1.94. The van der Waals surface area contributed by atoms with Gasteiger partial charge in [-0.2, -0.15) is 0 Å². The molecule has 5 N–H and O–H groups in total. The van der Waals surface area contributed by atoms with Crippen LogP contribution in [0.15, 0.2) is 0 Å². The van der Waals surface area contributed by atoms with Gasteiger partial charge in [0.15, 0.2) is 0 Å². The van der Waals surface area contributed by atoms with E-state index in [-0.39, 0.29) is 0 Å². The van der Waals surface area contributed by atoms with Gasteiger partial charge in [0.05, 0.1) is 0 Å². The van der Waals surface area contributed by atoms with Crippen LogP contribution in [0.5, 0.6) is 0 Å². The molecule has 0 aliphatic rings. The number of nitrogens with two attached hydrogens (primary N) is 2. The smallest absolute Gasteiger partial charge is 0.00104 e. The second-order valence-corrected chi connectivity index (χ2v) is 4.43. The van der Waals surface area contributed by atoms with Crippen molar-refractivity contribution in [1.29, 1.82) is 0 Å². The van der Waals surface area contributed by atoms with E-state index in [9.17, 15) is 0 Å². The lowest BCUT2D eigenvalue weighted by Gasteiger charge is -2.06. The Balaban J connectivity index is 2.87. The minimum absolute atomic E-state index is 0.362. The molecule has 0 radical (unpaired) electrons. The van der Waals surface area contributed by atoms with Crippen molar-refractivity contribution in [1.82, 2.24) is 5.32 Å². The molecule has 1 atom stereocenters. The third-order valence-corrected chi connectivity index (χ3v) is 2.57. The Labute approximate surface area is 95.0 Å². The highest BCUT2D eigenvalue weighted by atomic mass is 14.8. The maximum absolute atomic E-state index is 5.67. The van der Waals surface area contributed by atoms with E-state index >= 15 is 0 Å². The largest absolute Gasteiger partial charge is 0.330 e. The highest BCUT2D eigenvalue weighted by molar-refractivity contribution is 4.55. The van der Waals surface area contributed by atoms with Crippen molar-refractivity contribution < 1.29 is 0 Å². The molecule has 0 saturated carbocycles. The summed E-state index contributed by atoms with van der Waals surface area (Å²) in [5.41, 5.74) is 11.1. The topological polar surface area (TPSA) is 64.1 Å². The number of unbranched alkanes of at least 4 members (excludes halogenated alkanes) is 4. The highest BCUT2D eigenvalue weighted by Crippen LogP contribution is 1.98. The molecule has 1 unspecified atom stereocenters. The summed E-state index contributed by atoms with van der Waals surface area (Å²) in [5.74, 6) is 0. The Bertz CT molecular complexity index is 115. The predicted molar refractivity (Wildman–Crippen MR) is 67.9 cm³/mol. The van der Waals surface area contributed by atoms with Crippen molar-refractivity contribution >= 4 is 0 Å². The number of nitrogens with one attached hydrogen (secondary N) is 1. The van der Waals surface area contributed by atoms with E-state index in [2.05, 4.69) is 12.2 Å². The second kappa shape index (κ2) is 12.0. The zero-order valence-corrected chi connectivity index (χ0v) is 10.3. The first-order chi connectivity index (χ1) is 7.27. The Morgan fingerprint density at radius 2 is 1.53 bits per heavy atom. The molecule has 0 bridgehead atoms. The predicted octanol–water partition coefficient (Wildman–Crippen LogP) is 1.61. The summed E-state index contributed by atoms with van der Waals surface area (Å²) < 4.78 is 0. The molecule has 0 spiro atoms. The molecule has 3 nitrogen and oxygen atoms in total. The third kappa shape index (κ3) is 13.9. The second-order valence-electron chi connectivity index (χ2n) is 4.43. The molecule has 0 aliphatic carbocycles. The van der Waals surface area contributed by atoms with E-state index in [1.165, 1.54) is 38.5 Å². The molecule has 0 fully saturated rings. The van der Waals surface area contributed by atoms with Gasteiger partial charge in [-0.25, -0.2) is 0 Å². The Morgan fingerprint density at radius 3 is 2.13 bits per heavy atom. The first-order valence-electron chi connectivity index (χ1n) is 6.43. The molecule has 0 heterocycles. The van der Waals surface area contributed by atoms with Crippen molar-refractivity contribution in [3.8, 4) is 0 Å². The van der Waals surface area contributed by atoms with Crippen molar-refractivity contribution in [2.45, 2.75) is 57.9 Å². The minimum atomic E-state index is 0.362. The molecular formula is C12H29N3. The van der Waals surface area contributed by atoms with Crippen LogP contribution < -0.4 is 16.8 Å². The Kier molecular flexibility index (Phi) is 11.9. The van der Waals surface area contributed by atoms with Crippen LogP contribution in [0.25, 0.3) is 0 Å². The number of hydrogen-bond acceptors (Lipinski definition) is 3. The van der Waals surface area contributed by atoms with Crippen molar-refractivity contribution in [2.75, 3.05) is 19.6 Å². The van der Waals surface area contributed by atoms with E-state index in [0.29, 0.717) is 6.04 Å².